The molecule has 0 bridgehead atoms. The molecular formula is C18H25N3O3S. The highest BCUT2D eigenvalue weighted by atomic mass is 32.2. The normalized spacial score (nSPS) is 11.7. The number of nitrogens with one attached hydrogen (secondary N) is 1. The molecule has 1 aromatic heterocycles. The van der Waals surface area contributed by atoms with E-state index < -0.39 is 10.0 Å². The Kier molecular flexibility index (Phi) is 6.92. The molecule has 0 aliphatic rings. The van der Waals surface area contributed by atoms with Crippen LogP contribution in [-0.2, 0) is 27.9 Å². The third-order valence-corrected chi connectivity index (χ3v) is 5.99. The van der Waals surface area contributed by atoms with Crippen LogP contribution in [0.4, 0.5) is 5.82 Å². The molecule has 0 unspecified atom stereocenters. The van der Waals surface area contributed by atoms with Crippen molar-refractivity contribution in [2.45, 2.75) is 31.9 Å². The largest absolute Gasteiger partial charge is 0.380 e. The summed E-state index contributed by atoms with van der Waals surface area (Å²) < 4.78 is 31.5. The number of aromatic nitrogens is 1. The first-order valence-electron chi connectivity index (χ1n) is 8.28. The maximum Gasteiger partial charge on any atom is 0.244 e. The van der Waals surface area contributed by atoms with Gasteiger partial charge in [0.1, 0.15) is 10.7 Å². The summed E-state index contributed by atoms with van der Waals surface area (Å²) in [5, 5.41) is 3.22. The molecule has 25 heavy (non-hydrogen) atoms. The average Bonchev–Trinajstić information content (AvgIpc) is 2.62. The highest BCUT2D eigenvalue weighted by molar-refractivity contribution is 7.89. The smallest absolute Gasteiger partial charge is 0.244 e. The van der Waals surface area contributed by atoms with Gasteiger partial charge in [0.15, 0.2) is 0 Å². The predicted octanol–water partition coefficient (Wildman–Crippen LogP) is 2.87. The van der Waals surface area contributed by atoms with E-state index in [4.69, 9.17) is 4.74 Å². The Labute approximate surface area is 149 Å². The highest BCUT2D eigenvalue weighted by Crippen LogP contribution is 2.17. The van der Waals surface area contributed by atoms with Crippen LogP contribution in [0.25, 0.3) is 0 Å². The Bertz CT molecular complexity index is 772. The zero-order valence-electron chi connectivity index (χ0n) is 14.9. The number of sulfonamides is 1. The summed E-state index contributed by atoms with van der Waals surface area (Å²) >= 11 is 0. The van der Waals surface area contributed by atoms with Gasteiger partial charge in [-0.15, -0.1) is 0 Å². The highest BCUT2D eigenvalue weighted by Gasteiger charge is 2.21. The number of rotatable bonds is 9. The molecule has 0 saturated carbocycles. The van der Waals surface area contributed by atoms with Gasteiger partial charge in [-0.2, -0.15) is 4.31 Å². The molecule has 136 valence electrons. The molecule has 0 saturated heterocycles. The minimum absolute atomic E-state index is 0.210. The molecule has 2 rings (SSSR count). The molecule has 0 amide bonds. The molecule has 0 spiro atoms. The van der Waals surface area contributed by atoms with E-state index in [2.05, 4.69) is 10.3 Å². The lowest BCUT2D eigenvalue weighted by Gasteiger charge is -2.18. The van der Waals surface area contributed by atoms with Crippen LogP contribution in [0.2, 0.25) is 0 Å². The van der Waals surface area contributed by atoms with Crippen molar-refractivity contribution in [2.75, 3.05) is 25.5 Å². The van der Waals surface area contributed by atoms with E-state index in [0.29, 0.717) is 32.1 Å². The number of ether oxygens (including phenoxy) is 1. The molecule has 1 aromatic carbocycles. The van der Waals surface area contributed by atoms with Crippen LogP contribution in [0.15, 0.2) is 47.5 Å². The third kappa shape index (κ3) is 4.78. The second-order valence-electron chi connectivity index (χ2n) is 5.52. The van der Waals surface area contributed by atoms with Crippen molar-refractivity contribution in [2.24, 2.45) is 0 Å². The van der Waals surface area contributed by atoms with Gasteiger partial charge in [0.05, 0.1) is 6.61 Å². The number of nitrogens with zero attached hydrogens (tertiary/aromatic N) is 2. The lowest BCUT2D eigenvalue weighted by molar-refractivity contribution is 0.184. The molecule has 0 aliphatic carbocycles. The monoisotopic (exact) mass is 363 g/mol. The molecule has 1 N–H and O–H groups in total. The Morgan fingerprint density at radius 1 is 1.08 bits per heavy atom. The molecule has 7 heteroatoms. The van der Waals surface area contributed by atoms with E-state index in [0.717, 1.165) is 11.1 Å². The standard InChI is InChI=1S/C18H25N3O3S/c1-4-21(5-2)25(22,23)17-10-11-18(20-13-17)19-12-15-8-6-7-9-16(15)14-24-3/h6-11,13H,4-5,12,14H2,1-3H3,(H,19,20). The van der Waals surface area contributed by atoms with Gasteiger partial charge < -0.3 is 10.1 Å². The minimum Gasteiger partial charge on any atom is -0.380 e. The van der Waals surface area contributed by atoms with Crippen molar-refractivity contribution in [1.29, 1.82) is 0 Å². The summed E-state index contributed by atoms with van der Waals surface area (Å²) in [5.74, 6) is 0.630. The van der Waals surface area contributed by atoms with Crippen LogP contribution in [-0.4, -0.2) is 37.9 Å². The Hall–Kier alpha value is -1.96. The molecule has 2 aromatic rings. The van der Waals surface area contributed by atoms with Crippen molar-refractivity contribution in [3.8, 4) is 0 Å². The zero-order chi connectivity index (χ0) is 18.3. The first-order chi connectivity index (χ1) is 12.0. The summed E-state index contributed by atoms with van der Waals surface area (Å²) in [7, 11) is -1.81. The fourth-order valence-corrected chi connectivity index (χ4v) is 3.97. The molecule has 1 heterocycles. The van der Waals surface area contributed by atoms with Gasteiger partial charge in [0.2, 0.25) is 10.0 Å². The summed E-state index contributed by atoms with van der Waals surface area (Å²) in [5.41, 5.74) is 2.23. The van der Waals surface area contributed by atoms with Gasteiger partial charge in [-0.05, 0) is 23.3 Å². The van der Waals surface area contributed by atoms with Gasteiger partial charge >= 0.3 is 0 Å². The molecular weight excluding hydrogens is 338 g/mol. The topological polar surface area (TPSA) is 71.5 Å². The van der Waals surface area contributed by atoms with Crippen molar-refractivity contribution in [3.63, 3.8) is 0 Å². The fourth-order valence-electron chi connectivity index (χ4n) is 2.56. The van der Waals surface area contributed by atoms with E-state index in [1.807, 2.05) is 38.1 Å². The molecule has 6 nitrogen and oxygen atoms in total. The Morgan fingerprint density at radius 3 is 2.32 bits per heavy atom. The zero-order valence-corrected chi connectivity index (χ0v) is 15.7. The van der Waals surface area contributed by atoms with E-state index >= 15 is 0 Å². The van der Waals surface area contributed by atoms with E-state index in [9.17, 15) is 8.42 Å². The number of anilines is 1. The van der Waals surface area contributed by atoms with Crippen LogP contribution >= 0.6 is 0 Å². The third-order valence-electron chi connectivity index (χ3n) is 3.96. The maximum atomic E-state index is 12.5. The van der Waals surface area contributed by atoms with Crippen LogP contribution in [0.5, 0.6) is 0 Å². The van der Waals surface area contributed by atoms with Gasteiger partial charge in [-0.3, -0.25) is 0 Å². The molecule has 0 atom stereocenters. The quantitative estimate of drug-likeness (QED) is 0.742. The Balaban J connectivity index is 2.09. The van der Waals surface area contributed by atoms with Gasteiger partial charge in [-0.25, -0.2) is 13.4 Å². The predicted molar refractivity (Wildman–Crippen MR) is 98.8 cm³/mol. The van der Waals surface area contributed by atoms with Crippen molar-refractivity contribution in [1.82, 2.24) is 9.29 Å². The lowest BCUT2D eigenvalue weighted by Crippen LogP contribution is -2.30. The van der Waals surface area contributed by atoms with Crippen LogP contribution in [0.3, 0.4) is 0 Å². The number of methoxy groups -OCH3 is 1. The average molecular weight is 363 g/mol. The van der Waals surface area contributed by atoms with E-state index in [1.165, 1.54) is 10.5 Å². The minimum atomic E-state index is -3.47. The van der Waals surface area contributed by atoms with Crippen molar-refractivity contribution in [3.05, 3.63) is 53.7 Å². The Morgan fingerprint density at radius 2 is 1.76 bits per heavy atom. The van der Waals surface area contributed by atoms with Gasteiger partial charge in [0.25, 0.3) is 0 Å². The van der Waals surface area contributed by atoms with E-state index in [1.54, 1.807) is 19.2 Å². The van der Waals surface area contributed by atoms with Crippen molar-refractivity contribution < 1.29 is 13.2 Å². The van der Waals surface area contributed by atoms with Gasteiger partial charge in [0, 0.05) is 32.9 Å². The second-order valence-corrected chi connectivity index (χ2v) is 7.46. The van der Waals surface area contributed by atoms with Crippen LogP contribution in [0.1, 0.15) is 25.0 Å². The summed E-state index contributed by atoms with van der Waals surface area (Å²) in [6.45, 7) is 5.66. The summed E-state index contributed by atoms with van der Waals surface area (Å²) in [6, 6.07) is 11.3. The van der Waals surface area contributed by atoms with Gasteiger partial charge in [-0.1, -0.05) is 38.1 Å². The fraction of sp³-hybridized carbons (Fsp3) is 0.389. The number of hydrogen-bond donors (Lipinski definition) is 1. The van der Waals surface area contributed by atoms with Crippen LogP contribution in [0, 0.1) is 0 Å². The lowest BCUT2D eigenvalue weighted by atomic mass is 10.1. The molecule has 0 radical (unpaired) electrons. The molecule has 0 fully saturated rings. The molecule has 0 aliphatic heterocycles. The second kappa shape index (κ2) is 8.94. The first kappa shape index (κ1) is 19.4. The maximum absolute atomic E-state index is 12.5. The number of pyridine rings is 1. The number of hydrogen-bond acceptors (Lipinski definition) is 5. The summed E-state index contributed by atoms with van der Waals surface area (Å²) in [6.07, 6.45) is 1.40. The van der Waals surface area contributed by atoms with E-state index in [-0.39, 0.29) is 4.90 Å². The SMILES string of the molecule is CCN(CC)S(=O)(=O)c1ccc(NCc2ccccc2COC)nc1. The van der Waals surface area contributed by atoms with Crippen molar-refractivity contribution >= 4 is 15.8 Å². The summed E-state index contributed by atoms with van der Waals surface area (Å²) in [4.78, 5) is 4.45. The van der Waals surface area contributed by atoms with Crippen LogP contribution < -0.4 is 5.32 Å². The number of benzene rings is 1. The first-order valence-corrected chi connectivity index (χ1v) is 9.72.